The number of hydrogen-bond donors (Lipinski definition) is 4. The molecule has 0 rings (SSSR count). The zero-order valence-electron chi connectivity index (χ0n) is 14.7. The van der Waals surface area contributed by atoms with Crippen LogP contribution in [0.3, 0.4) is 0 Å². The van der Waals surface area contributed by atoms with Crippen molar-refractivity contribution < 1.29 is 24.9 Å². The highest BCUT2D eigenvalue weighted by molar-refractivity contribution is 5.68. The SMILES string of the molecule is CCCCCCC(CCCC)COC(=O)NC(CO)(CO)CO. The van der Waals surface area contributed by atoms with Gasteiger partial charge in [-0.3, -0.25) is 0 Å². The molecule has 0 aliphatic rings. The first kappa shape index (κ1) is 22.1. The van der Waals surface area contributed by atoms with Crippen LogP contribution in [0, 0.1) is 5.92 Å². The Balaban J connectivity index is 4.27. The molecule has 4 N–H and O–H groups in total. The molecule has 138 valence electrons. The summed E-state index contributed by atoms with van der Waals surface area (Å²) in [6, 6.07) is 0. The Labute approximate surface area is 140 Å². The smallest absolute Gasteiger partial charge is 0.407 e. The Morgan fingerprint density at radius 2 is 1.52 bits per heavy atom. The third-order valence-electron chi connectivity index (χ3n) is 4.16. The van der Waals surface area contributed by atoms with E-state index < -0.39 is 31.5 Å². The summed E-state index contributed by atoms with van der Waals surface area (Å²) in [4.78, 5) is 11.8. The number of rotatable bonds is 14. The van der Waals surface area contributed by atoms with Crippen molar-refractivity contribution in [2.45, 2.75) is 70.8 Å². The van der Waals surface area contributed by atoms with E-state index in [0.29, 0.717) is 12.5 Å². The summed E-state index contributed by atoms with van der Waals surface area (Å²) in [5.74, 6) is 0.337. The van der Waals surface area contributed by atoms with Gasteiger partial charge in [0.05, 0.1) is 26.4 Å². The number of aliphatic hydroxyl groups excluding tert-OH is 3. The molecule has 1 unspecified atom stereocenters. The third kappa shape index (κ3) is 9.79. The molecule has 0 aliphatic carbocycles. The van der Waals surface area contributed by atoms with Crippen molar-refractivity contribution in [3.05, 3.63) is 0 Å². The van der Waals surface area contributed by atoms with Crippen molar-refractivity contribution >= 4 is 6.09 Å². The van der Waals surface area contributed by atoms with Gasteiger partial charge in [0.15, 0.2) is 0 Å². The Hall–Kier alpha value is -0.850. The average molecular weight is 333 g/mol. The first-order chi connectivity index (χ1) is 11.1. The molecule has 0 aromatic carbocycles. The van der Waals surface area contributed by atoms with Gasteiger partial charge in [0.25, 0.3) is 0 Å². The summed E-state index contributed by atoms with van der Waals surface area (Å²) in [5.41, 5.74) is -1.43. The first-order valence-corrected chi connectivity index (χ1v) is 8.85. The van der Waals surface area contributed by atoms with Crippen molar-refractivity contribution in [1.82, 2.24) is 5.32 Å². The van der Waals surface area contributed by atoms with Crippen LogP contribution in [-0.4, -0.2) is 53.4 Å². The Bertz CT molecular complexity index is 286. The fraction of sp³-hybridized carbons (Fsp3) is 0.941. The van der Waals surface area contributed by atoms with E-state index in [2.05, 4.69) is 19.2 Å². The summed E-state index contributed by atoms with van der Waals surface area (Å²) in [7, 11) is 0. The van der Waals surface area contributed by atoms with Gasteiger partial charge in [-0.05, 0) is 18.8 Å². The molecular weight excluding hydrogens is 298 g/mol. The first-order valence-electron chi connectivity index (χ1n) is 8.85. The molecule has 0 spiro atoms. The lowest BCUT2D eigenvalue weighted by molar-refractivity contribution is 0.0337. The van der Waals surface area contributed by atoms with Crippen LogP contribution in [0.1, 0.15) is 65.2 Å². The lowest BCUT2D eigenvalue weighted by Crippen LogP contribution is -2.57. The lowest BCUT2D eigenvalue weighted by atomic mass is 9.96. The van der Waals surface area contributed by atoms with E-state index in [-0.39, 0.29) is 0 Å². The molecule has 1 atom stereocenters. The molecule has 6 nitrogen and oxygen atoms in total. The summed E-state index contributed by atoms with van der Waals surface area (Å²) in [6.45, 7) is 3.00. The third-order valence-corrected chi connectivity index (χ3v) is 4.16. The molecule has 23 heavy (non-hydrogen) atoms. The van der Waals surface area contributed by atoms with Gasteiger partial charge in [0.2, 0.25) is 0 Å². The Morgan fingerprint density at radius 3 is 2.04 bits per heavy atom. The predicted molar refractivity (Wildman–Crippen MR) is 90.2 cm³/mol. The van der Waals surface area contributed by atoms with Crippen LogP contribution in [-0.2, 0) is 4.74 Å². The van der Waals surface area contributed by atoms with Crippen LogP contribution < -0.4 is 5.32 Å². The maximum absolute atomic E-state index is 11.8. The molecule has 6 heteroatoms. The molecule has 0 saturated heterocycles. The molecule has 0 bridgehead atoms. The predicted octanol–water partition coefficient (Wildman–Crippen LogP) is 2.21. The highest BCUT2D eigenvalue weighted by Gasteiger charge is 2.30. The number of unbranched alkanes of at least 4 members (excludes halogenated alkanes) is 4. The standard InChI is InChI=1S/C17H35NO5/c1-3-5-7-8-10-15(9-6-4-2)11-23-16(22)18-17(12-19,13-20)14-21/h15,19-21H,3-14H2,1-2H3,(H,18,22). The van der Waals surface area contributed by atoms with Gasteiger partial charge in [-0.1, -0.05) is 52.4 Å². The summed E-state index contributed by atoms with van der Waals surface area (Å²) >= 11 is 0. The second-order valence-electron chi connectivity index (χ2n) is 6.34. The average Bonchev–Trinajstić information content (AvgIpc) is 2.58. The molecule has 0 radical (unpaired) electrons. The molecule has 0 saturated carbocycles. The Kier molecular flexibility index (Phi) is 13.1. The number of amides is 1. The minimum atomic E-state index is -1.43. The second-order valence-corrected chi connectivity index (χ2v) is 6.34. The maximum Gasteiger partial charge on any atom is 0.407 e. The number of alkyl carbamates (subject to hydrolysis) is 1. The fourth-order valence-corrected chi connectivity index (χ4v) is 2.38. The number of ether oxygens (including phenoxy) is 1. The van der Waals surface area contributed by atoms with Crippen molar-refractivity contribution in [2.75, 3.05) is 26.4 Å². The van der Waals surface area contributed by atoms with E-state index in [4.69, 9.17) is 4.74 Å². The minimum absolute atomic E-state index is 0.330. The molecule has 0 aliphatic heterocycles. The number of carbonyl (C=O) groups is 1. The highest BCUT2D eigenvalue weighted by Crippen LogP contribution is 2.18. The van der Waals surface area contributed by atoms with Gasteiger partial charge >= 0.3 is 6.09 Å². The number of carbonyl (C=O) groups excluding carboxylic acids is 1. The van der Waals surface area contributed by atoms with Crippen molar-refractivity contribution in [3.8, 4) is 0 Å². The van der Waals surface area contributed by atoms with Crippen LogP contribution >= 0.6 is 0 Å². The van der Waals surface area contributed by atoms with Crippen LogP contribution in [0.4, 0.5) is 4.79 Å². The number of nitrogens with one attached hydrogen (secondary N) is 1. The lowest BCUT2D eigenvalue weighted by Gasteiger charge is -2.28. The molecular formula is C17H35NO5. The van der Waals surface area contributed by atoms with Crippen LogP contribution in [0.5, 0.6) is 0 Å². The van der Waals surface area contributed by atoms with Crippen LogP contribution in [0.25, 0.3) is 0 Å². The van der Waals surface area contributed by atoms with Gasteiger partial charge in [-0.2, -0.15) is 0 Å². The number of hydrogen-bond acceptors (Lipinski definition) is 5. The largest absolute Gasteiger partial charge is 0.449 e. The van der Waals surface area contributed by atoms with Crippen molar-refractivity contribution in [1.29, 1.82) is 0 Å². The molecule has 0 aromatic heterocycles. The van der Waals surface area contributed by atoms with Gasteiger partial charge in [-0.15, -0.1) is 0 Å². The zero-order valence-corrected chi connectivity index (χ0v) is 14.7. The topological polar surface area (TPSA) is 99.0 Å². The fourth-order valence-electron chi connectivity index (χ4n) is 2.38. The second kappa shape index (κ2) is 13.6. The van der Waals surface area contributed by atoms with E-state index in [0.717, 1.165) is 32.1 Å². The molecule has 0 heterocycles. The van der Waals surface area contributed by atoms with Gasteiger partial charge in [0, 0.05) is 0 Å². The molecule has 0 fully saturated rings. The quantitative estimate of drug-likeness (QED) is 0.365. The maximum atomic E-state index is 11.8. The van der Waals surface area contributed by atoms with Gasteiger partial charge in [0.1, 0.15) is 5.54 Å². The summed E-state index contributed by atoms with van der Waals surface area (Å²) in [5, 5.41) is 29.9. The van der Waals surface area contributed by atoms with E-state index in [1.807, 2.05) is 0 Å². The number of aliphatic hydroxyl groups is 3. The molecule has 1 amide bonds. The zero-order chi connectivity index (χ0) is 17.6. The van der Waals surface area contributed by atoms with Crippen molar-refractivity contribution in [3.63, 3.8) is 0 Å². The summed E-state index contributed by atoms with van der Waals surface area (Å²) < 4.78 is 5.24. The minimum Gasteiger partial charge on any atom is -0.449 e. The van der Waals surface area contributed by atoms with Crippen LogP contribution in [0.15, 0.2) is 0 Å². The van der Waals surface area contributed by atoms with Gasteiger partial charge < -0.3 is 25.4 Å². The highest BCUT2D eigenvalue weighted by atomic mass is 16.5. The monoisotopic (exact) mass is 333 g/mol. The van der Waals surface area contributed by atoms with Crippen molar-refractivity contribution in [2.24, 2.45) is 5.92 Å². The molecule has 0 aromatic rings. The van der Waals surface area contributed by atoms with Crippen LogP contribution in [0.2, 0.25) is 0 Å². The van der Waals surface area contributed by atoms with Gasteiger partial charge in [-0.25, -0.2) is 4.79 Å². The van der Waals surface area contributed by atoms with E-state index in [1.165, 1.54) is 19.3 Å². The summed E-state index contributed by atoms with van der Waals surface area (Å²) in [6.07, 6.45) is 8.35. The van der Waals surface area contributed by atoms with E-state index >= 15 is 0 Å². The Morgan fingerprint density at radius 1 is 0.957 bits per heavy atom. The van der Waals surface area contributed by atoms with E-state index in [9.17, 15) is 20.1 Å². The normalized spacial score (nSPS) is 12.9. The van der Waals surface area contributed by atoms with E-state index in [1.54, 1.807) is 0 Å².